The lowest BCUT2D eigenvalue weighted by molar-refractivity contribution is 0.309. The highest BCUT2D eigenvalue weighted by Crippen LogP contribution is 2.38. The Kier molecular flexibility index (Phi) is 6.38. The van der Waals surface area contributed by atoms with Gasteiger partial charge < -0.3 is 14.7 Å². The van der Waals surface area contributed by atoms with E-state index in [9.17, 15) is 0 Å². The molecule has 0 spiro atoms. The molecule has 2 N–H and O–H groups in total. The van der Waals surface area contributed by atoms with E-state index in [-0.39, 0.29) is 0 Å². The van der Waals surface area contributed by atoms with Crippen LogP contribution in [0.4, 0.5) is 0 Å². The summed E-state index contributed by atoms with van der Waals surface area (Å²) in [5.41, 5.74) is 11.0. The van der Waals surface area contributed by atoms with Crippen LogP contribution >= 0.6 is 11.3 Å². The molecule has 196 valence electrons. The number of H-pyrrole nitrogens is 2. The summed E-state index contributed by atoms with van der Waals surface area (Å²) in [6.45, 7) is 2.91. The Morgan fingerprint density at radius 3 is 2.20 bits per heavy atom. The lowest BCUT2D eigenvalue weighted by Crippen LogP contribution is -1.95. The van der Waals surface area contributed by atoms with Crippen LogP contribution in [0, 0.1) is 0 Å². The van der Waals surface area contributed by atoms with Gasteiger partial charge in [-0.2, -0.15) is 0 Å². The minimum atomic E-state index is 0.735. The second-order valence-corrected chi connectivity index (χ2v) is 10.9. The molecule has 8 bridgehead atoms. The molecule has 0 radical (unpaired) electrons. The van der Waals surface area contributed by atoms with E-state index < -0.39 is 0 Å². The minimum Gasteiger partial charge on any atom is -0.494 e. The molecule has 1 aromatic carbocycles. The summed E-state index contributed by atoms with van der Waals surface area (Å²) in [5.74, 6) is 0.893. The van der Waals surface area contributed by atoms with Crippen LogP contribution in [0.5, 0.6) is 5.75 Å². The highest BCUT2D eigenvalue weighted by atomic mass is 32.1. The Hall–Kier alpha value is -4.68. The summed E-state index contributed by atoms with van der Waals surface area (Å²) in [5, 5.41) is 2.11. The number of aromatic nitrogens is 4. The van der Waals surface area contributed by atoms with Crippen LogP contribution in [0.1, 0.15) is 42.5 Å². The third-order valence-electron chi connectivity index (χ3n) is 7.03. The number of ether oxygens (including phenoxy) is 1. The standard InChI is InChI=1S/C34H28N4OS/c1-2-3-16-39-29-13-6-22(7-14-29)30-21-28-20-26-11-10-24(36-26)18-23-8-9-25(35-23)19-27-12-15-31(37-27)33(34(30)38-28)32-5-4-17-40-32/h4-15,17-21,35,38H,2-3,16H2,1H3. The van der Waals surface area contributed by atoms with Gasteiger partial charge in [-0.1, -0.05) is 31.5 Å². The Morgan fingerprint density at radius 1 is 0.750 bits per heavy atom. The molecule has 2 aliphatic rings. The normalized spacial score (nSPS) is 12.2. The molecule has 0 saturated carbocycles. The van der Waals surface area contributed by atoms with Gasteiger partial charge in [-0.15, -0.1) is 11.3 Å². The van der Waals surface area contributed by atoms with E-state index in [0.717, 1.165) is 91.6 Å². The van der Waals surface area contributed by atoms with Gasteiger partial charge in [0.1, 0.15) is 5.75 Å². The molecule has 5 aromatic rings. The molecule has 0 saturated heterocycles. The van der Waals surface area contributed by atoms with Crippen LogP contribution in [0.15, 0.2) is 78.2 Å². The smallest absolute Gasteiger partial charge is 0.119 e. The van der Waals surface area contributed by atoms with E-state index in [2.05, 4.69) is 113 Å². The number of nitrogens with one attached hydrogen (secondary N) is 2. The van der Waals surface area contributed by atoms with Crippen LogP contribution in [0.25, 0.3) is 67.9 Å². The van der Waals surface area contributed by atoms with Crippen molar-refractivity contribution in [2.24, 2.45) is 0 Å². The summed E-state index contributed by atoms with van der Waals surface area (Å²) in [7, 11) is 0. The van der Waals surface area contributed by atoms with Gasteiger partial charge in [0.05, 0.1) is 34.9 Å². The first-order valence-electron chi connectivity index (χ1n) is 13.6. The quantitative estimate of drug-likeness (QED) is 0.207. The molecule has 5 nitrogen and oxygen atoms in total. The SMILES string of the molecule is CCCCOc1ccc(-c2cc3cc4nc(cc5ccc(cc6nc(c(-c7cccs7)c2[nH]3)C=C6)[nH]5)C=C4)cc1. The number of hydrogen-bond donors (Lipinski definition) is 2. The van der Waals surface area contributed by atoms with Crippen LogP contribution in [-0.4, -0.2) is 26.5 Å². The largest absolute Gasteiger partial charge is 0.494 e. The summed E-state index contributed by atoms with van der Waals surface area (Å²) >= 11 is 1.72. The zero-order valence-electron chi connectivity index (χ0n) is 22.1. The average Bonchev–Trinajstić information content (AvgIpc) is 3.79. The fourth-order valence-electron chi connectivity index (χ4n) is 5.07. The maximum atomic E-state index is 5.94. The fourth-order valence-corrected chi connectivity index (χ4v) is 5.86. The van der Waals surface area contributed by atoms with Crippen LogP contribution < -0.4 is 4.74 Å². The van der Waals surface area contributed by atoms with Crippen molar-refractivity contribution in [1.82, 2.24) is 19.9 Å². The Bertz CT molecular complexity index is 1910. The number of aromatic amines is 2. The van der Waals surface area contributed by atoms with Crippen molar-refractivity contribution < 1.29 is 4.74 Å². The van der Waals surface area contributed by atoms with Crippen molar-refractivity contribution >= 4 is 57.7 Å². The Balaban J connectivity index is 1.51. The summed E-state index contributed by atoms with van der Waals surface area (Å²) < 4.78 is 5.94. The molecule has 0 fully saturated rings. The molecule has 0 aliphatic carbocycles. The van der Waals surface area contributed by atoms with Crippen LogP contribution in [-0.2, 0) is 0 Å². The number of nitrogens with zero attached hydrogens (tertiary/aromatic N) is 2. The van der Waals surface area contributed by atoms with Crippen LogP contribution in [0.2, 0.25) is 0 Å². The van der Waals surface area contributed by atoms with Crippen LogP contribution in [0.3, 0.4) is 0 Å². The van der Waals surface area contributed by atoms with Crippen molar-refractivity contribution in [3.8, 4) is 27.3 Å². The monoisotopic (exact) mass is 540 g/mol. The van der Waals surface area contributed by atoms with E-state index in [4.69, 9.17) is 14.7 Å². The molecular weight excluding hydrogens is 512 g/mol. The highest BCUT2D eigenvalue weighted by Gasteiger charge is 2.16. The van der Waals surface area contributed by atoms with Gasteiger partial charge in [0.25, 0.3) is 0 Å². The molecule has 7 rings (SSSR count). The van der Waals surface area contributed by atoms with Crippen molar-refractivity contribution in [2.45, 2.75) is 19.8 Å². The van der Waals surface area contributed by atoms with E-state index >= 15 is 0 Å². The number of thiophene rings is 1. The molecule has 0 amide bonds. The minimum absolute atomic E-state index is 0.735. The van der Waals surface area contributed by atoms with Gasteiger partial charge in [-0.05, 0) is 96.3 Å². The summed E-state index contributed by atoms with van der Waals surface area (Å²) in [4.78, 5) is 18.3. The third-order valence-corrected chi connectivity index (χ3v) is 7.92. The summed E-state index contributed by atoms with van der Waals surface area (Å²) in [6, 6.07) is 25.2. The molecule has 2 aliphatic heterocycles. The highest BCUT2D eigenvalue weighted by molar-refractivity contribution is 7.13. The second kappa shape index (κ2) is 10.5. The van der Waals surface area contributed by atoms with E-state index in [1.807, 2.05) is 6.08 Å². The first kappa shape index (κ1) is 24.4. The third kappa shape index (κ3) is 4.90. The van der Waals surface area contributed by atoms with Gasteiger partial charge in [0, 0.05) is 32.6 Å². The van der Waals surface area contributed by atoms with Gasteiger partial charge in [-0.25, -0.2) is 9.97 Å². The average molecular weight is 541 g/mol. The number of unbranched alkanes of at least 4 members (excludes halogenated alkanes) is 1. The van der Waals surface area contributed by atoms with Crippen molar-refractivity contribution in [1.29, 1.82) is 0 Å². The topological polar surface area (TPSA) is 66.6 Å². The molecule has 40 heavy (non-hydrogen) atoms. The number of rotatable bonds is 6. The van der Waals surface area contributed by atoms with Gasteiger partial charge in [-0.3, -0.25) is 0 Å². The van der Waals surface area contributed by atoms with Gasteiger partial charge in [0.2, 0.25) is 0 Å². The Labute approximate surface area is 236 Å². The second-order valence-electron chi connectivity index (χ2n) is 9.94. The van der Waals surface area contributed by atoms with E-state index in [1.165, 1.54) is 0 Å². The lowest BCUT2D eigenvalue weighted by atomic mass is 10.0. The molecule has 0 atom stereocenters. The van der Waals surface area contributed by atoms with Crippen molar-refractivity contribution in [3.05, 3.63) is 101 Å². The van der Waals surface area contributed by atoms with E-state index in [0.29, 0.717) is 0 Å². The van der Waals surface area contributed by atoms with Crippen molar-refractivity contribution in [3.63, 3.8) is 0 Å². The maximum Gasteiger partial charge on any atom is 0.119 e. The van der Waals surface area contributed by atoms with Gasteiger partial charge in [0.15, 0.2) is 0 Å². The fraction of sp³-hybridized carbons (Fsp3) is 0.118. The Morgan fingerprint density at radius 2 is 1.48 bits per heavy atom. The maximum absolute atomic E-state index is 5.94. The van der Waals surface area contributed by atoms with Crippen molar-refractivity contribution in [2.75, 3.05) is 6.61 Å². The first-order valence-corrected chi connectivity index (χ1v) is 14.5. The number of hydrogen-bond acceptors (Lipinski definition) is 4. The molecule has 6 heterocycles. The number of fused-ring (bicyclic) bond motifs is 8. The van der Waals surface area contributed by atoms with E-state index in [1.54, 1.807) is 11.3 Å². The predicted octanol–water partition coefficient (Wildman–Crippen LogP) is 9.23. The molecule has 6 heteroatoms. The lowest BCUT2D eigenvalue weighted by Gasteiger charge is -2.07. The molecular formula is C34H28N4OS. The predicted molar refractivity (Wildman–Crippen MR) is 168 cm³/mol. The summed E-state index contributed by atoms with van der Waals surface area (Å²) in [6.07, 6.45) is 10.5. The molecule has 0 unspecified atom stereocenters. The zero-order chi connectivity index (χ0) is 26.9. The zero-order valence-corrected chi connectivity index (χ0v) is 23.0. The first-order chi connectivity index (χ1) is 19.7. The molecule has 4 aromatic heterocycles. The van der Waals surface area contributed by atoms with Gasteiger partial charge >= 0.3 is 0 Å². The number of benzene rings is 1.